The molecule has 3 aromatic heterocycles. The number of carbonyl (C=O) groups excluding carboxylic acids is 1. The first-order valence-electron chi connectivity index (χ1n) is 11.1. The van der Waals surface area contributed by atoms with Gasteiger partial charge in [-0.15, -0.1) is 0 Å². The van der Waals surface area contributed by atoms with Crippen molar-refractivity contribution in [2.24, 2.45) is 0 Å². The smallest absolute Gasteiger partial charge is 0.273 e. The Morgan fingerprint density at radius 3 is 2.82 bits per heavy atom. The van der Waals surface area contributed by atoms with Gasteiger partial charge in [0.25, 0.3) is 5.91 Å². The third-order valence-electron chi connectivity index (χ3n) is 5.52. The highest BCUT2D eigenvalue weighted by atomic mass is 35.5. The number of H-pyrrole nitrogens is 1. The lowest BCUT2D eigenvalue weighted by Crippen LogP contribution is -2.24. The van der Waals surface area contributed by atoms with E-state index in [4.69, 9.17) is 21.0 Å². The summed E-state index contributed by atoms with van der Waals surface area (Å²) in [7, 11) is 0. The molecule has 9 heteroatoms. The van der Waals surface area contributed by atoms with Crippen LogP contribution in [0.1, 0.15) is 27.9 Å². The Bertz CT molecular complexity index is 1440. The molecule has 0 aliphatic carbocycles. The van der Waals surface area contributed by atoms with Gasteiger partial charge in [0.15, 0.2) is 11.6 Å². The highest BCUT2D eigenvalue weighted by Crippen LogP contribution is 2.23. The summed E-state index contributed by atoms with van der Waals surface area (Å²) in [5, 5.41) is 8.97. The highest BCUT2D eigenvalue weighted by molar-refractivity contribution is 6.31. The number of aromatic amines is 1. The molecule has 0 radical (unpaired) electrons. The van der Waals surface area contributed by atoms with Gasteiger partial charge in [-0.2, -0.15) is 0 Å². The third-order valence-corrected chi connectivity index (χ3v) is 5.86. The number of nitrogens with one attached hydrogen (secondary N) is 3. The third kappa shape index (κ3) is 4.93. The maximum atomic E-state index is 12.3. The number of hydrogen-bond acceptors (Lipinski definition) is 6. The van der Waals surface area contributed by atoms with E-state index < -0.39 is 0 Å². The van der Waals surface area contributed by atoms with Crippen molar-refractivity contribution in [2.45, 2.75) is 19.4 Å². The van der Waals surface area contributed by atoms with Gasteiger partial charge in [0, 0.05) is 37.5 Å². The normalized spacial score (nSPS) is 11.3. The molecule has 3 heterocycles. The number of nitrogens with zero attached hydrogens (tertiary/aromatic N) is 3. The van der Waals surface area contributed by atoms with E-state index in [2.05, 4.69) is 49.9 Å². The zero-order valence-electron chi connectivity index (χ0n) is 18.3. The van der Waals surface area contributed by atoms with Gasteiger partial charge in [0.1, 0.15) is 12.1 Å². The molecular weight excluding hydrogens is 452 g/mol. The molecule has 5 rings (SSSR count). The molecule has 0 fully saturated rings. The van der Waals surface area contributed by atoms with E-state index in [9.17, 15) is 4.79 Å². The van der Waals surface area contributed by atoms with Gasteiger partial charge in [-0.1, -0.05) is 41.9 Å². The molecule has 2 aromatic carbocycles. The fraction of sp³-hybridized carbons (Fsp3) is 0.200. The molecule has 0 saturated carbocycles. The summed E-state index contributed by atoms with van der Waals surface area (Å²) in [6.45, 7) is 1.66. The zero-order chi connectivity index (χ0) is 23.3. The summed E-state index contributed by atoms with van der Waals surface area (Å²) in [5.74, 6) is 1.12. The predicted octanol–water partition coefficient (Wildman–Crippen LogP) is 4.06. The van der Waals surface area contributed by atoms with Crippen LogP contribution < -0.4 is 10.6 Å². The van der Waals surface area contributed by atoms with Crippen LogP contribution in [-0.4, -0.2) is 38.9 Å². The van der Waals surface area contributed by atoms with Crippen LogP contribution in [0.3, 0.4) is 0 Å². The zero-order valence-corrected chi connectivity index (χ0v) is 19.1. The number of benzene rings is 2. The number of amides is 1. The van der Waals surface area contributed by atoms with Crippen molar-refractivity contribution in [2.75, 3.05) is 13.1 Å². The molecular formula is C25H23ClN6O2. The minimum Gasteiger partial charge on any atom is -0.448 e. The van der Waals surface area contributed by atoms with E-state index in [-0.39, 0.29) is 18.1 Å². The molecule has 0 unspecified atom stereocenters. The molecule has 0 atom stereocenters. The number of hydrogen-bond donors (Lipinski definition) is 3. The number of fused-ring (bicyclic) bond motifs is 3. The quantitative estimate of drug-likeness (QED) is 0.278. The number of oxazole rings is 1. The van der Waals surface area contributed by atoms with Crippen LogP contribution in [0, 0.1) is 0 Å². The number of carbonyl (C=O) groups is 1. The Labute approximate surface area is 200 Å². The number of rotatable bonds is 9. The lowest BCUT2D eigenvalue weighted by atomic mass is 10.1. The molecule has 1 amide bonds. The number of pyridine rings is 1. The first kappa shape index (κ1) is 22.1. The van der Waals surface area contributed by atoms with Crippen LogP contribution >= 0.6 is 11.6 Å². The van der Waals surface area contributed by atoms with Gasteiger partial charge >= 0.3 is 0 Å². The summed E-state index contributed by atoms with van der Waals surface area (Å²) in [4.78, 5) is 28.9. The fourth-order valence-electron chi connectivity index (χ4n) is 3.77. The van der Waals surface area contributed by atoms with E-state index >= 15 is 0 Å². The standard InChI is InChI=1S/C25H23ClN6O2/c26-18-6-3-11-28-20(18)14-29-25(33)21-15-34-23(31-21)10-13-27-12-9-22-30-19-8-7-16-4-1-2-5-17(16)24(19)32-22/h1-8,11,15,27H,9-10,12-14H2,(H,29,33)(H,30,32). The highest BCUT2D eigenvalue weighted by Gasteiger charge is 2.13. The topological polar surface area (TPSA) is 109 Å². The molecule has 3 N–H and O–H groups in total. The second-order valence-electron chi connectivity index (χ2n) is 7.86. The maximum Gasteiger partial charge on any atom is 0.273 e. The SMILES string of the molecule is O=C(NCc1ncccc1Cl)c1coc(CCNCCc2nc3c(ccc4ccccc43)[nH]2)n1. The molecule has 0 aliphatic rings. The first-order valence-corrected chi connectivity index (χ1v) is 11.4. The van der Waals surface area contributed by atoms with E-state index in [0.717, 1.165) is 35.2 Å². The molecule has 0 saturated heterocycles. The van der Waals surface area contributed by atoms with Gasteiger partial charge in [-0.25, -0.2) is 9.97 Å². The van der Waals surface area contributed by atoms with Crippen LogP contribution in [0.25, 0.3) is 21.8 Å². The van der Waals surface area contributed by atoms with E-state index in [1.807, 2.05) is 12.1 Å². The van der Waals surface area contributed by atoms with Crippen LogP contribution in [-0.2, 0) is 19.4 Å². The second-order valence-corrected chi connectivity index (χ2v) is 8.26. The fourth-order valence-corrected chi connectivity index (χ4v) is 3.96. The lowest BCUT2D eigenvalue weighted by molar-refractivity contribution is 0.0945. The van der Waals surface area contributed by atoms with Crippen molar-refractivity contribution < 1.29 is 9.21 Å². The van der Waals surface area contributed by atoms with Crippen LogP contribution in [0.4, 0.5) is 0 Å². The van der Waals surface area contributed by atoms with Gasteiger partial charge in [0.05, 0.1) is 28.3 Å². The van der Waals surface area contributed by atoms with Crippen molar-refractivity contribution in [3.8, 4) is 0 Å². The van der Waals surface area contributed by atoms with Gasteiger partial charge in [-0.05, 0) is 23.6 Å². The van der Waals surface area contributed by atoms with Crippen LogP contribution in [0.5, 0.6) is 0 Å². The van der Waals surface area contributed by atoms with E-state index in [1.165, 1.54) is 11.6 Å². The lowest BCUT2D eigenvalue weighted by Gasteiger charge is -2.03. The predicted molar refractivity (Wildman–Crippen MR) is 131 cm³/mol. The minimum absolute atomic E-state index is 0.222. The van der Waals surface area contributed by atoms with Gasteiger partial charge in [-0.3, -0.25) is 9.78 Å². The second kappa shape index (κ2) is 10.0. The average Bonchev–Trinajstić information content (AvgIpc) is 3.50. The Balaban J connectivity index is 1.08. The maximum absolute atomic E-state index is 12.3. The summed E-state index contributed by atoms with van der Waals surface area (Å²) in [5.41, 5.74) is 2.88. The summed E-state index contributed by atoms with van der Waals surface area (Å²) in [6.07, 6.45) is 4.34. The van der Waals surface area contributed by atoms with Crippen LogP contribution in [0.15, 0.2) is 65.4 Å². The number of aromatic nitrogens is 4. The van der Waals surface area contributed by atoms with Crippen molar-refractivity contribution >= 4 is 39.3 Å². The summed E-state index contributed by atoms with van der Waals surface area (Å²) >= 11 is 6.06. The number of imidazole rings is 1. The molecule has 0 spiro atoms. The molecule has 8 nitrogen and oxygen atoms in total. The van der Waals surface area contributed by atoms with Crippen molar-refractivity contribution in [3.05, 3.63) is 89.1 Å². The number of halogens is 1. The van der Waals surface area contributed by atoms with Crippen molar-refractivity contribution in [3.63, 3.8) is 0 Å². The van der Waals surface area contributed by atoms with Gasteiger partial charge < -0.3 is 20.0 Å². The van der Waals surface area contributed by atoms with E-state index in [0.29, 0.717) is 29.6 Å². The molecule has 0 bridgehead atoms. The van der Waals surface area contributed by atoms with E-state index in [1.54, 1.807) is 18.3 Å². The Morgan fingerprint density at radius 1 is 1.03 bits per heavy atom. The Morgan fingerprint density at radius 2 is 1.91 bits per heavy atom. The largest absolute Gasteiger partial charge is 0.448 e. The van der Waals surface area contributed by atoms with Crippen molar-refractivity contribution in [1.29, 1.82) is 0 Å². The molecule has 34 heavy (non-hydrogen) atoms. The minimum atomic E-state index is -0.331. The van der Waals surface area contributed by atoms with Crippen molar-refractivity contribution in [1.82, 2.24) is 30.6 Å². The molecule has 0 aliphatic heterocycles. The van der Waals surface area contributed by atoms with Crippen LogP contribution in [0.2, 0.25) is 5.02 Å². The molecule has 172 valence electrons. The monoisotopic (exact) mass is 474 g/mol. The summed E-state index contributed by atoms with van der Waals surface area (Å²) in [6, 6.07) is 15.9. The van der Waals surface area contributed by atoms with Gasteiger partial charge in [0.2, 0.25) is 0 Å². The average molecular weight is 475 g/mol. The summed E-state index contributed by atoms with van der Waals surface area (Å²) < 4.78 is 5.44. The Hall–Kier alpha value is -3.75. The first-order chi connectivity index (χ1) is 16.7. The molecule has 5 aromatic rings. The Kier molecular flexibility index (Phi) is 6.51.